The van der Waals surface area contributed by atoms with Crippen LogP contribution >= 0.6 is 0 Å². The van der Waals surface area contributed by atoms with Crippen molar-refractivity contribution in [2.45, 2.75) is 32.9 Å². The van der Waals surface area contributed by atoms with Crippen LogP contribution in [0.15, 0.2) is 91.4 Å². The largest absolute Gasteiger partial charge is 0.488 e. The van der Waals surface area contributed by atoms with Gasteiger partial charge in [0.15, 0.2) is 0 Å². The topological polar surface area (TPSA) is 166 Å². The molecule has 3 rings (SSSR count). The number of anilines is 3. The molecule has 4 N–H and O–H groups in total. The molecule has 0 saturated carbocycles. The van der Waals surface area contributed by atoms with E-state index < -0.39 is 29.0 Å². The van der Waals surface area contributed by atoms with Gasteiger partial charge in [-0.25, -0.2) is 15.0 Å². The fourth-order valence-corrected chi connectivity index (χ4v) is 4.48. The van der Waals surface area contributed by atoms with Crippen LogP contribution in [0.2, 0.25) is 0 Å². The molecule has 2 atom stereocenters. The standard InChI is InChI=1S/C33H42N6O8/c1-6-32(40)46-18-16-44-30-22-29(37-35-27-15-14-26(20-23(27)5)38(8-3)9-4)31(45-17-19-47-33(41)7-2)21-28(30)36-34-24-10-12-25(13-11-24)39(42)43/h6-7,10-15,20-22,29,31,34-37H,1-2,8-9,16-19H2,3-5H3. The lowest BCUT2D eigenvalue weighted by Gasteiger charge is -2.31. The van der Waals surface area contributed by atoms with E-state index in [0.29, 0.717) is 17.1 Å². The van der Waals surface area contributed by atoms with Gasteiger partial charge in [-0.15, -0.1) is 0 Å². The number of non-ortho nitro benzene ring substituents is 1. The number of carbonyl (C=O) groups excluding carboxylic acids is 2. The Bertz CT molecular complexity index is 1460. The van der Waals surface area contributed by atoms with Gasteiger partial charge in [-0.3, -0.25) is 15.5 Å². The molecule has 0 heterocycles. The predicted molar refractivity (Wildman–Crippen MR) is 179 cm³/mol. The van der Waals surface area contributed by atoms with Crippen LogP contribution in [0.5, 0.6) is 0 Å². The SMILES string of the molecule is C=CC(=O)OCCOC1=CC(NNc2ccc(N(CC)CC)cc2C)C(OCCOC(=O)C=C)C=C1NNc1ccc([N+](=O)[O-])cc1. The fourth-order valence-electron chi connectivity index (χ4n) is 4.48. The first-order valence-electron chi connectivity index (χ1n) is 15.1. The molecule has 0 radical (unpaired) electrons. The molecule has 0 fully saturated rings. The average molecular weight is 651 g/mol. The zero-order chi connectivity index (χ0) is 34.2. The quantitative estimate of drug-likeness (QED) is 0.0528. The molecule has 14 heteroatoms. The number of nitro groups is 1. The highest BCUT2D eigenvalue weighted by molar-refractivity contribution is 5.81. The van der Waals surface area contributed by atoms with E-state index in [4.69, 9.17) is 18.9 Å². The summed E-state index contributed by atoms with van der Waals surface area (Å²) in [5.41, 5.74) is 16.7. The van der Waals surface area contributed by atoms with Crippen molar-refractivity contribution in [3.8, 4) is 0 Å². The van der Waals surface area contributed by atoms with Gasteiger partial charge in [-0.1, -0.05) is 13.2 Å². The third kappa shape index (κ3) is 11.2. The lowest BCUT2D eigenvalue weighted by atomic mass is 10.0. The number of nitro benzene ring substituents is 1. The Kier molecular flexibility index (Phi) is 14.3. The maximum Gasteiger partial charge on any atom is 0.330 e. The molecule has 1 aliphatic rings. The molecule has 0 spiro atoms. The number of nitrogens with one attached hydrogen (secondary N) is 4. The highest BCUT2D eigenvalue weighted by Crippen LogP contribution is 2.25. The number of rotatable bonds is 20. The number of hydrogen-bond acceptors (Lipinski definition) is 13. The smallest absolute Gasteiger partial charge is 0.330 e. The molecule has 0 saturated heterocycles. The van der Waals surface area contributed by atoms with Gasteiger partial charge in [0, 0.05) is 43.1 Å². The van der Waals surface area contributed by atoms with Crippen molar-refractivity contribution in [2.75, 3.05) is 55.3 Å². The molecule has 2 aromatic carbocycles. The van der Waals surface area contributed by atoms with E-state index in [9.17, 15) is 19.7 Å². The highest BCUT2D eigenvalue weighted by Gasteiger charge is 2.27. The molecule has 0 aliphatic heterocycles. The Morgan fingerprint density at radius 1 is 0.915 bits per heavy atom. The summed E-state index contributed by atoms with van der Waals surface area (Å²) >= 11 is 0. The third-order valence-electron chi connectivity index (χ3n) is 6.97. The van der Waals surface area contributed by atoms with E-state index in [1.54, 1.807) is 24.3 Å². The lowest BCUT2D eigenvalue weighted by Crippen LogP contribution is -2.46. The molecule has 14 nitrogen and oxygen atoms in total. The minimum absolute atomic E-state index is 0.00676. The van der Waals surface area contributed by atoms with Crippen LogP contribution in [0.25, 0.3) is 0 Å². The monoisotopic (exact) mass is 650 g/mol. The van der Waals surface area contributed by atoms with E-state index in [1.165, 1.54) is 12.1 Å². The Morgan fingerprint density at radius 3 is 2.17 bits per heavy atom. The van der Waals surface area contributed by atoms with Gasteiger partial charge >= 0.3 is 11.9 Å². The summed E-state index contributed by atoms with van der Waals surface area (Å²) in [7, 11) is 0. The Morgan fingerprint density at radius 2 is 1.57 bits per heavy atom. The average Bonchev–Trinajstić information content (AvgIpc) is 3.08. The summed E-state index contributed by atoms with van der Waals surface area (Å²) in [6.45, 7) is 14.9. The van der Waals surface area contributed by atoms with Crippen molar-refractivity contribution in [1.29, 1.82) is 0 Å². The summed E-state index contributed by atoms with van der Waals surface area (Å²) in [5.74, 6) is -0.730. The zero-order valence-electron chi connectivity index (χ0n) is 26.8. The van der Waals surface area contributed by atoms with Crippen molar-refractivity contribution in [3.63, 3.8) is 0 Å². The maximum absolute atomic E-state index is 11.5. The summed E-state index contributed by atoms with van der Waals surface area (Å²) in [5, 5.41) is 11.0. The lowest BCUT2D eigenvalue weighted by molar-refractivity contribution is -0.384. The maximum atomic E-state index is 11.5. The van der Waals surface area contributed by atoms with Crippen LogP contribution in [0, 0.1) is 17.0 Å². The van der Waals surface area contributed by atoms with E-state index in [0.717, 1.165) is 42.2 Å². The van der Waals surface area contributed by atoms with Crippen LogP contribution in [-0.4, -0.2) is 68.5 Å². The van der Waals surface area contributed by atoms with Crippen molar-refractivity contribution < 1.29 is 33.5 Å². The second-order valence-electron chi connectivity index (χ2n) is 10.1. The van der Waals surface area contributed by atoms with Gasteiger partial charge in [0.25, 0.3) is 5.69 Å². The van der Waals surface area contributed by atoms with Crippen LogP contribution in [-0.2, 0) is 28.5 Å². The van der Waals surface area contributed by atoms with Crippen molar-refractivity contribution in [2.24, 2.45) is 0 Å². The molecule has 0 aromatic heterocycles. The van der Waals surface area contributed by atoms with Crippen LogP contribution in [0.1, 0.15) is 19.4 Å². The fraction of sp³-hybridized carbons (Fsp3) is 0.333. The first-order chi connectivity index (χ1) is 22.7. The van der Waals surface area contributed by atoms with Gasteiger partial charge < -0.3 is 34.7 Å². The number of hydrazine groups is 2. The number of nitrogens with zero attached hydrogens (tertiary/aromatic N) is 2. The first-order valence-corrected chi connectivity index (χ1v) is 15.1. The van der Waals surface area contributed by atoms with E-state index in [-0.39, 0.29) is 32.1 Å². The molecule has 47 heavy (non-hydrogen) atoms. The molecule has 0 amide bonds. The normalized spacial score (nSPS) is 15.3. The summed E-state index contributed by atoms with van der Waals surface area (Å²) in [6.07, 6.45) is 5.12. The minimum Gasteiger partial charge on any atom is -0.488 e. The van der Waals surface area contributed by atoms with Gasteiger partial charge in [-0.05, 0) is 68.8 Å². The number of ether oxygens (including phenoxy) is 4. The van der Waals surface area contributed by atoms with Crippen LogP contribution < -0.4 is 26.6 Å². The Hall–Kier alpha value is -5.34. The van der Waals surface area contributed by atoms with Crippen LogP contribution in [0.3, 0.4) is 0 Å². The molecule has 2 unspecified atom stereocenters. The van der Waals surface area contributed by atoms with Crippen molar-refractivity contribution in [1.82, 2.24) is 10.9 Å². The van der Waals surface area contributed by atoms with Gasteiger partial charge in [0.2, 0.25) is 0 Å². The van der Waals surface area contributed by atoms with Crippen molar-refractivity contribution >= 4 is 34.7 Å². The number of carbonyl (C=O) groups is 2. The summed E-state index contributed by atoms with van der Waals surface area (Å²) in [4.78, 5) is 35.9. The van der Waals surface area contributed by atoms with E-state index in [1.807, 2.05) is 19.1 Å². The molecular formula is C33H42N6O8. The van der Waals surface area contributed by atoms with E-state index in [2.05, 4.69) is 59.7 Å². The van der Waals surface area contributed by atoms with Crippen LogP contribution in [0.4, 0.5) is 22.7 Å². The molecule has 2 aromatic rings. The Labute approximate surface area is 274 Å². The number of aryl methyl sites for hydroxylation is 1. The van der Waals surface area contributed by atoms with Gasteiger partial charge in [-0.2, -0.15) is 0 Å². The van der Waals surface area contributed by atoms with Gasteiger partial charge in [0.1, 0.15) is 25.6 Å². The second kappa shape index (κ2) is 18.6. The van der Waals surface area contributed by atoms with E-state index >= 15 is 0 Å². The van der Waals surface area contributed by atoms with Crippen molar-refractivity contribution in [3.05, 3.63) is 107 Å². The highest BCUT2D eigenvalue weighted by atomic mass is 16.6. The number of benzene rings is 2. The number of esters is 2. The molecule has 0 bridgehead atoms. The Balaban J connectivity index is 1.83. The zero-order valence-corrected chi connectivity index (χ0v) is 26.8. The second-order valence-corrected chi connectivity index (χ2v) is 10.1. The molecular weight excluding hydrogens is 608 g/mol. The summed E-state index contributed by atoms with van der Waals surface area (Å²) in [6, 6.07) is 11.5. The third-order valence-corrected chi connectivity index (χ3v) is 6.97. The molecule has 252 valence electrons. The van der Waals surface area contributed by atoms with Gasteiger partial charge in [0.05, 0.1) is 40.7 Å². The minimum atomic E-state index is -0.590. The molecule has 1 aliphatic carbocycles. The summed E-state index contributed by atoms with van der Waals surface area (Å²) < 4.78 is 22.2. The first kappa shape index (κ1) is 36.1. The number of hydrogen-bond donors (Lipinski definition) is 4. The predicted octanol–water partition coefficient (Wildman–Crippen LogP) is 4.29.